The molecule has 0 saturated heterocycles. The number of nitrogens with two attached hydrogens (primary N) is 1. The lowest BCUT2D eigenvalue weighted by Gasteiger charge is -2.57. The maximum absolute atomic E-state index is 10.3. The minimum atomic E-state index is -0.525. The smallest absolute Gasteiger partial charge is 0.0769 e. The Labute approximate surface area is 117 Å². The first-order chi connectivity index (χ1) is 9.17. The second kappa shape index (κ2) is 4.46. The highest BCUT2D eigenvalue weighted by atomic mass is 16.3. The Hall–Kier alpha value is -0.0800. The summed E-state index contributed by atoms with van der Waals surface area (Å²) in [5.74, 6) is 6.18. The molecule has 0 unspecified atom stereocenters. The van der Waals surface area contributed by atoms with Crippen molar-refractivity contribution >= 4 is 0 Å². The van der Waals surface area contributed by atoms with Crippen LogP contribution in [0.4, 0.5) is 0 Å². The Morgan fingerprint density at radius 2 is 1.37 bits per heavy atom. The predicted octanol–water partition coefficient (Wildman–Crippen LogP) is 2.94. The van der Waals surface area contributed by atoms with E-state index in [4.69, 9.17) is 5.73 Å². The molecule has 4 bridgehead atoms. The molecule has 108 valence electrons. The van der Waals surface area contributed by atoms with Crippen molar-refractivity contribution in [3.63, 3.8) is 0 Å². The van der Waals surface area contributed by atoms with Crippen molar-refractivity contribution in [3.05, 3.63) is 0 Å². The molecule has 19 heavy (non-hydrogen) atoms. The zero-order valence-corrected chi connectivity index (χ0v) is 12.1. The maximum Gasteiger partial charge on any atom is 0.0769 e. The Morgan fingerprint density at radius 1 is 0.842 bits per heavy atom. The Kier molecular flexibility index (Phi) is 2.97. The molecule has 5 aliphatic rings. The van der Waals surface area contributed by atoms with Gasteiger partial charge in [0.05, 0.1) is 5.60 Å². The van der Waals surface area contributed by atoms with Crippen LogP contribution in [0.25, 0.3) is 0 Å². The number of hydrogen-bond donors (Lipinski definition) is 2. The molecule has 5 saturated carbocycles. The van der Waals surface area contributed by atoms with Crippen molar-refractivity contribution in [3.8, 4) is 0 Å². The van der Waals surface area contributed by atoms with Crippen molar-refractivity contribution in [2.45, 2.75) is 63.4 Å². The third kappa shape index (κ3) is 2.06. The number of rotatable bonds is 2. The van der Waals surface area contributed by atoms with E-state index in [-0.39, 0.29) is 0 Å². The number of aliphatic hydroxyl groups is 1. The summed E-state index contributed by atoms with van der Waals surface area (Å²) >= 11 is 0. The molecule has 2 heteroatoms. The van der Waals surface area contributed by atoms with Crippen molar-refractivity contribution in [1.29, 1.82) is 0 Å². The van der Waals surface area contributed by atoms with Gasteiger partial charge in [0.1, 0.15) is 0 Å². The van der Waals surface area contributed by atoms with Crippen LogP contribution in [-0.2, 0) is 0 Å². The SMILES string of the molecule is NCC1(O)CCC(C2C3CC4CC(C3)CC2C4)CC1. The maximum atomic E-state index is 10.3. The average molecular weight is 263 g/mol. The molecule has 3 N–H and O–H groups in total. The lowest BCUT2D eigenvalue weighted by atomic mass is 9.48. The molecule has 0 aromatic heterocycles. The molecular formula is C17H29NO. The van der Waals surface area contributed by atoms with Gasteiger partial charge in [-0.2, -0.15) is 0 Å². The Morgan fingerprint density at radius 3 is 1.84 bits per heavy atom. The highest BCUT2D eigenvalue weighted by molar-refractivity contribution is 5.01. The van der Waals surface area contributed by atoms with Crippen LogP contribution in [0.3, 0.4) is 0 Å². The van der Waals surface area contributed by atoms with E-state index in [2.05, 4.69) is 0 Å². The topological polar surface area (TPSA) is 46.2 Å². The van der Waals surface area contributed by atoms with Crippen LogP contribution in [0, 0.1) is 35.5 Å². The molecule has 5 rings (SSSR count). The lowest BCUT2D eigenvalue weighted by molar-refractivity contribution is -0.0864. The zero-order valence-electron chi connectivity index (χ0n) is 12.1. The van der Waals surface area contributed by atoms with Crippen LogP contribution in [0.1, 0.15) is 57.8 Å². The molecule has 5 fully saturated rings. The van der Waals surface area contributed by atoms with Crippen molar-refractivity contribution in [2.75, 3.05) is 6.54 Å². The summed E-state index contributed by atoms with van der Waals surface area (Å²) in [6.45, 7) is 0.460. The molecule has 0 atom stereocenters. The van der Waals surface area contributed by atoms with E-state index in [1.165, 1.54) is 38.5 Å². The molecular weight excluding hydrogens is 234 g/mol. The van der Waals surface area contributed by atoms with Gasteiger partial charge >= 0.3 is 0 Å². The quantitative estimate of drug-likeness (QED) is 0.804. The first-order valence-electron chi connectivity index (χ1n) is 8.59. The monoisotopic (exact) mass is 263 g/mol. The van der Waals surface area contributed by atoms with Crippen LogP contribution in [0.5, 0.6) is 0 Å². The van der Waals surface area contributed by atoms with Crippen molar-refractivity contribution in [2.24, 2.45) is 41.2 Å². The van der Waals surface area contributed by atoms with Gasteiger partial charge in [0.25, 0.3) is 0 Å². The summed E-state index contributed by atoms with van der Waals surface area (Å²) < 4.78 is 0. The molecule has 0 spiro atoms. The Balaban J connectivity index is 1.46. The van der Waals surface area contributed by atoms with E-state index in [1.807, 2.05) is 0 Å². The summed E-state index contributed by atoms with van der Waals surface area (Å²) in [7, 11) is 0. The third-order valence-corrected chi connectivity index (χ3v) is 7.18. The highest BCUT2D eigenvalue weighted by Gasteiger charge is 2.51. The summed E-state index contributed by atoms with van der Waals surface area (Å²) in [6.07, 6.45) is 12.1. The van der Waals surface area contributed by atoms with Gasteiger partial charge in [-0.25, -0.2) is 0 Å². The molecule has 5 aliphatic carbocycles. The summed E-state index contributed by atoms with van der Waals surface area (Å²) in [5.41, 5.74) is 5.20. The third-order valence-electron chi connectivity index (χ3n) is 7.18. The van der Waals surface area contributed by atoms with Gasteiger partial charge in [0.15, 0.2) is 0 Å². The van der Waals surface area contributed by atoms with Crippen LogP contribution >= 0.6 is 0 Å². The fourth-order valence-corrected chi connectivity index (χ4v) is 6.50. The van der Waals surface area contributed by atoms with E-state index in [1.54, 1.807) is 6.42 Å². The van der Waals surface area contributed by atoms with Crippen LogP contribution in [-0.4, -0.2) is 17.3 Å². The summed E-state index contributed by atoms with van der Waals surface area (Å²) in [4.78, 5) is 0. The lowest BCUT2D eigenvalue weighted by Crippen LogP contribution is -2.50. The van der Waals surface area contributed by atoms with Crippen LogP contribution < -0.4 is 5.73 Å². The van der Waals surface area contributed by atoms with Gasteiger partial charge < -0.3 is 10.8 Å². The second-order valence-corrected chi connectivity index (χ2v) is 8.27. The zero-order chi connectivity index (χ0) is 13.0. The van der Waals surface area contributed by atoms with Gasteiger partial charge in [-0.05, 0) is 93.3 Å². The standard InChI is InChI=1S/C17H29NO/c18-10-17(19)3-1-13(2-4-17)16-14-6-11-5-12(8-14)9-15(16)7-11/h11-16,19H,1-10,18H2. The molecule has 0 radical (unpaired) electrons. The summed E-state index contributed by atoms with van der Waals surface area (Å²) in [5, 5.41) is 10.3. The molecule has 0 amide bonds. The fraction of sp³-hybridized carbons (Fsp3) is 1.00. The molecule has 0 heterocycles. The average Bonchev–Trinajstić information content (AvgIpc) is 2.40. The molecule has 2 nitrogen and oxygen atoms in total. The van der Waals surface area contributed by atoms with Crippen molar-refractivity contribution < 1.29 is 5.11 Å². The van der Waals surface area contributed by atoms with E-state index in [9.17, 15) is 5.11 Å². The largest absolute Gasteiger partial charge is 0.389 e. The normalized spacial score (nSPS) is 56.5. The molecule has 0 aromatic rings. The van der Waals surface area contributed by atoms with Crippen LogP contribution in [0.15, 0.2) is 0 Å². The summed E-state index contributed by atoms with van der Waals surface area (Å²) in [6, 6.07) is 0. The van der Waals surface area contributed by atoms with E-state index < -0.39 is 5.60 Å². The first kappa shape index (κ1) is 12.6. The Bertz CT molecular complexity index is 317. The molecule has 0 aliphatic heterocycles. The van der Waals surface area contributed by atoms with Gasteiger partial charge in [-0.3, -0.25) is 0 Å². The van der Waals surface area contributed by atoms with Gasteiger partial charge in [0.2, 0.25) is 0 Å². The van der Waals surface area contributed by atoms with E-state index in [0.29, 0.717) is 6.54 Å². The van der Waals surface area contributed by atoms with Gasteiger partial charge in [-0.1, -0.05) is 0 Å². The second-order valence-electron chi connectivity index (χ2n) is 8.27. The van der Waals surface area contributed by atoms with E-state index >= 15 is 0 Å². The highest BCUT2D eigenvalue weighted by Crippen LogP contribution is 2.60. The number of hydrogen-bond acceptors (Lipinski definition) is 2. The van der Waals surface area contributed by atoms with E-state index in [0.717, 1.165) is 48.3 Å². The minimum absolute atomic E-state index is 0.460. The predicted molar refractivity (Wildman–Crippen MR) is 76.5 cm³/mol. The van der Waals surface area contributed by atoms with Crippen LogP contribution in [0.2, 0.25) is 0 Å². The van der Waals surface area contributed by atoms with Crippen molar-refractivity contribution in [1.82, 2.24) is 0 Å². The fourth-order valence-electron chi connectivity index (χ4n) is 6.50. The first-order valence-corrected chi connectivity index (χ1v) is 8.59. The molecule has 0 aromatic carbocycles. The minimum Gasteiger partial charge on any atom is -0.389 e. The van der Waals surface area contributed by atoms with Gasteiger partial charge in [0, 0.05) is 6.54 Å². The van der Waals surface area contributed by atoms with Gasteiger partial charge in [-0.15, -0.1) is 0 Å².